The quantitative estimate of drug-likeness (QED) is 0.294. The maximum absolute atomic E-state index is 13.9. The highest BCUT2D eigenvalue weighted by molar-refractivity contribution is 8.04. The lowest BCUT2D eigenvalue weighted by atomic mass is 10.1. The molecule has 3 aromatic rings. The van der Waals surface area contributed by atoms with Gasteiger partial charge >= 0.3 is 5.69 Å². The number of aromatic hydroxyl groups is 1. The summed E-state index contributed by atoms with van der Waals surface area (Å²) in [7, 11) is -4.13. The average Bonchev–Trinajstić information content (AvgIpc) is 2.77. The number of sulfone groups is 1. The van der Waals surface area contributed by atoms with E-state index in [0.717, 1.165) is 42.1 Å². The molecule has 0 spiro atoms. The van der Waals surface area contributed by atoms with E-state index in [1.54, 1.807) is 0 Å². The Kier molecular flexibility index (Phi) is 6.11. The van der Waals surface area contributed by atoms with Crippen LogP contribution in [0.15, 0.2) is 69.3 Å². The van der Waals surface area contributed by atoms with Gasteiger partial charge in [-0.2, -0.15) is 0 Å². The molecular formula is C22H14F2N2O6S2. The van der Waals surface area contributed by atoms with Crippen molar-refractivity contribution in [1.29, 1.82) is 0 Å². The van der Waals surface area contributed by atoms with Crippen molar-refractivity contribution >= 4 is 45.0 Å². The second-order valence-corrected chi connectivity index (χ2v) is 10.3. The summed E-state index contributed by atoms with van der Waals surface area (Å²) < 4.78 is 53.3. The third kappa shape index (κ3) is 4.63. The van der Waals surface area contributed by atoms with E-state index in [-0.39, 0.29) is 15.5 Å². The van der Waals surface area contributed by atoms with E-state index < -0.39 is 55.1 Å². The second-order valence-electron chi connectivity index (χ2n) is 7.19. The van der Waals surface area contributed by atoms with Crippen molar-refractivity contribution in [2.24, 2.45) is 0 Å². The predicted octanol–water partition coefficient (Wildman–Crippen LogP) is 4.64. The van der Waals surface area contributed by atoms with Crippen LogP contribution in [0, 0.1) is 21.7 Å². The average molecular weight is 504 g/mol. The van der Waals surface area contributed by atoms with E-state index in [1.165, 1.54) is 30.3 Å². The lowest BCUT2D eigenvalue weighted by Crippen LogP contribution is -2.18. The molecule has 4 rings (SSSR count). The van der Waals surface area contributed by atoms with Gasteiger partial charge in [-0.15, -0.1) is 0 Å². The van der Waals surface area contributed by atoms with Crippen molar-refractivity contribution in [3.8, 4) is 5.75 Å². The summed E-state index contributed by atoms with van der Waals surface area (Å²) in [5.41, 5.74) is -0.598. The minimum absolute atomic E-state index is 0.177. The van der Waals surface area contributed by atoms with Crippen LogP contribution >= 0.6 is 11.8 Å². The number of carbonyl (C=O) groups excluding carboxylic acids is 1. The van der Waals surface area contributed by atoms with Gasteiger partial charge in [0, 0.05) is 16.5 Å². The SMILES string of the molecule is O=C1Nc2cc(S(=O)(=O)Cc3c(F)cccc3F)ccc2S/C1=C\c1ccc(O)c([N+](=O)[O-])c1. The van der Waals surface area contributed by atoms with Gasteiger partial charge in [0.25, 0.3) is 5.91 Å². The van der Waals surface area contributed by atoms with Crippen LogP contribution in [0.3, 0.4) is 0 Å². The lowest BCUT2D eigenvalue weighted by molar-refractivity contribution is -0.385. The Morgan fingerprint density at radius 2 is 1.79 bits per heavy atom. The van der Waals surface area contributed by atoms with Crippen LogP contribution in [0.4, 0.5) is 20.2 Å². The molecule has 1 aliphatic rings. The molecule has 0 saturated heterocycles. The number of amides is 1. The van der Waals surface area contributed by atoms with E-state index in [9.17, 15) is 37.2 Å². The van der Waals surface area contributed by atoms with Crippen molar-refractivity contribution in [3.63, 3.8) is 0 Å². The van der Waals surface area contributed by atoms with Crippen molar-refractivity contribution in [2.75, 3.05) is 5.32 Å². The third-order valence-electron chi connectivity index (χ3n) is 4.89. The molecule has 0 saturated carbocycles. The maximum atomic E-state index is 13.9. The van der Waals surface area contributed by atoms with Gasteiger partial charge in [0.1, 0.15) is 11.6 Å². The smallest absolute Gasteiger partial charge is 0.311 e. The van der Waals surface area contributed by atoms with Gasteiger partial charge in [-0.1, -0.05) is 23.9 Å². The number of phenolic OH excluding ortho intramolecular Hbond substituents is 1. The number of nitrogens with one attached hydrogen (secondary N) is 1. The Morgan fingerprint density at radius 1 is 1.09 bits per heavy atom. The first-order chi connectivity index (χ1) is 16.0. The number of halogens is 2. The van der Waals surface area contributed by atoms with E-state index in [1.807, 2.05) is 0 Å². The first kappa shape index (κ1) is 23.4. The molecule has 3 aromatic carbocycles. The summed E-state index contributed by atoms with van der Waals surface area (Å²) in [6, 6.07) is 10.6. The number of hydrogen-bond donors (Lipinski definition) is 2. The highest BCUT2D eigenvalue weighted by atomic mass is 32.2. The fraction of sp³-hybridized carbons (Fsp3) is 0.0455. The van der Waals surface area contributed by atoms with Crippen LogP contribution in [0.1, 0.15) is 11.1 Å². The molecule has 2 N–H and O–H groups in total. The number of anilines is 1. The molecule has 0 fully saturated rings. The molecule has 1 amide bonds. The lowest BCUT2D eigenvalue weighted by Gasteiger charge is -2.19. The van der Waals surface area contributed by atoms with Gasteiger partial charge in [0.2, 0.25) is 0 Å². The molecule has 0 aliphatic carbocycles. The van der Waals surface area contributed by atoms with Crippen LogP contribution in [-0.2, 0) is 20.4 Å². The van der Waals surface area contributed by atoms with E-state index >= 15 is 0 Å². The standard InChI is InChI=1S/C22H14F2N2O6S2/c23-15-2-1-3-16(24)14(15)11-34(31,32)13-5-7-20-17(10-13)25-22(28)21(33-20)9-12-4-6-19(27)18(8-12)26(29)30/h1-10,27H,11H2,(H,25,28)/b21-9-. The minimum Gasteiger partial charge on any atom is -0.502 e. The summed E-state index contributed by atoms with van der Waals surface area (Å²) in [5, 5.41) is 23.1. The Labute approximate surface area is 196 Å². The summed E-state index contributed by atoms with van der Waals surface area (Å²) in [6.07, 6.45) is 1.39. The first-order valence-electron chi connectivity index (χ1n) is 9.53. The molecule has 34 heavy (non-hydrogen) atoms. The Morgan fingerprint density at radius 3 is 2.47 bits per heavy atom. The molecule has 0 unspecified atom stereocenters. The van der Waals surface area contributed by atoms with Crippen LogP contribution < -0.4 is 5.32 Å². The van der Waals surface area contributed by atoms with Gasteiger partial charge < -0.3 is 10.4 Å². The number of rotatable bonds is 5. The molecule has 1 aliphatic heterocycles. The molecule has 0 atom stereocenters. The number of benzene rings is 3. The van der Waals surface area contributed by atoms with Gasteiger partial charge in [-0.3, -0.25) is 14.9 Å². The Hall–Kier alpha value is -3.77. The number of nitro groups is 1. The summed E-state index contributed by atoms with van der Waals surface area (Å²) in [5.74, 6) is -3.94. The molecule has 0 aromatic heterocycles. The Bertz CT molecular complexity index is 1470. The van der Waals surface area contributed by atoms with Gasteiger partial charge in [-0.05, 0) is 48.0 Å². The molecule has 12 heteroatoms. The minimum atomic E-state index is -4.13. The topological polar surface area (TPSA) is 127 Å². The highest BCUT2D eigenvalue weighted by Gasteiger charge is 2.26. The van der Waals surface area contributed by atoms with Crippen molar-refractivity contribution in [3.05, 3.63) is 92.4 Å². The zero-order valence-electron chi connectivity index (χ0n) is 17.0. The number of carbonyl (C=O) groups is 1. The summed E-state index contributed by atoms with van der Waals surface area (Å²) in [4.78, 5) is 23.3. The number of thioether (sulfide) groups is 1. The molecule has 1 heterocycles. The van der Waals surface area contributed by atoms with Gasteiger partial charge in [-0.25, -0.2) is 17.2 Å². The predicted molar refractivity (Wildman–Crippen MR) is 121 cm³/mol. The molecule has 0 bridgehead atoms. The number of nitro benzene ring substituents is 1. The number of hydrogen-bond acceptors (Lipinski definition) is 7. The van der Waals surface area contributed by atoms with Crippen molar-refractivity contribution in [2.45, 2.75) is 15.5 Å². The molecule has 174 valence electrons. The van der Waals surface area contributed by atoms with Crippen LogP contribution in [0.5, 0.6) is 5.75 Å². The van der Waals surface area contributed by atoms with E-state index in [2.05, 4.69) is 5.32 Å². The molecule has 0 radical (unpaired) electrons. The fourth-order valence-corrected chi connectivity index (χ4v) is 5.53. The molecular weight excluding hydrogens is 490 g/mol. The maximum Gasteiger partial charge on any atom is 0.311 e. The molecule has 8 nitrogen and oxygen atoms in total. The normalized spacial score (nSPS) is 14.5. The highest BCUT2D eigenvalue weighted by Crippen LogP contribution is 2.40. The second kappa shape index (κ2) is 8.88. The third-order valence-corrected chi connectivity index (χ3v) is 7.63. The fourth-order valence-electron chi connectivity index (χ4n) is 3.20. The number of nitrogens with zero attached hydrogens (tertiary/aromatic N) is 1. The van der Waals surface area contributed by atoms with Crippen LogP contribution in [0.25, 0.3) is 6.08 Å². The van der Waals surface area contributed by atoms with Gasteiger partial charge in [0.15, 0.2) is 15.6 Å². The van der Waals surface area contributed by atoms with E-state index in [0.29, 0.717) is 10.5 Å². The summed E-state index contributed by atoms with van der Waals surface area (Å²) in [6.45, 7) is 0. The number of fused-ring (bicyclic) bond motifs is 1. The van der Waals surface area contributed by atoms with Gasteiger partial charge in [0.05, 0.1) is 26.2 Å². The zero-order chi connectivity index (χ0) is 24.6. The van der Waals surface area contributed by atoms with E-state index in [4.69, 9.17) is 0 Å². The first-order valence-corrected chi connectivity index (χ1v) is 12.0. The van der Waals surface area contributed by atoms with Crippen molar-refractivity contribution in [1.82, 2.24) is 0 Å². The monoisotopic (exact) mass is 504 g/mol. The summed E-state index contributed by atoms with van der Waals surface area (Å²) >= 11 is 1.01. The van der Waals surface area contributed by atoms with Crippen molar-refractivity contribution < 1.29 is 32.0 Å². The number of phenols is 1. The zero-order valence-corrected chi connectivity index (χ0v) is 18.6. The largest absolute Gasteiger partial charge is 0.502 e. The van der Waals surface area contributed by atoms with Crippen LogP contribution in [0.2, 0.25) is 0 Å². The van der Waals surface area contributed by atoms with Crippen LogP contribution in [-0.4, -0.2) is 24.4 Å². The Balaban J connectivity index is 1.62.